The predicted octanol–water partition coefficient (Wildman–Crippen LogP) is 2.73. The van der Waals surface area contributed by atoms with Crippen LogP contribution >= 0.6 is 0 Å². The number of hydrogen-bond donors (Lipinski definition) is 2. The number of ether oxygens (including phenoxy) is 1. The molecule has 0 fully saturated rings. The molecule has 1 aromatic heterocycles. The summed E-state index contributed by atoms with van der Waals surface area (Å²) in [5.74, 6) is 0.951. The second-order valence-electron chi connectivity index (χ2n) is 4.54. The zero-order valence-electron chi connectivity index (χ0n) is 10.6. The molecule has 0 amide bonds. The number of para-hydroxylation sites is 1. The van der Waals surface area contributed by atoms with Crippen molar-refractivity contribution in [1.82, 2.24) is 10.3 Å². The van der Waals surface area contributed by atoms with E-state index in [0.29, 0.717) is 6.61 Å². The molecule has 3 rings (SSSR count). The summed E-state index contributed by atoms with van der Waals surface area (Å²) < 4.78 is 5.69. The first-order valence-electron chi connectivity index (χ1n) is 6.52. The Bertz CT molecular complexity index is 522. The summed E-state index contributed by atoms with van der Waals surface area (Å²) in [6.45, 7) is 4.72. The number of nitrogens with one attached hydrogen (secondary N) is 2. The zero-order valence-corrected chi connectivity index (χ0v) is 10.6. The Balaban J connectivity index is 2.01. The number of rotatable bonds is 3. The molecule has 0 bridgehead atoms. The Hall–Kier alpha value is -1.74. The van der Waals surface area contributed by atoms with Gasteiger partial charge in [0.25, 0.3) is 0 Å². The van der Waals surface area contributed by atoms with Crippen LogP contribution in [0.15, 0.2) is 30.3 Å². The Morgan fingerprint density at radius 3 is 3.00 bits per heavy atom. The van der Waals surface area contributed by atoms with Gasteiger partial charge in [0, 0.05) is 36.5 Å². The van der Waals surface area contributed by atoms with E-state index in [-0.39, 0.29) is 0 Å². The molecule has 0 saturated heterocycles. The lowest BCUT2D eigenvalue weighted by molar-refractivity contribution is 0.341. The van der Waals surface area contributed by atoms with Gasteiger partial charge in [0.05, 0.1) is 6.61 Å². The van der Waals surface area contributed by atoms with E-state index in [0.717, 1.165) is 36.5 Å². The van der Waals surface area contributed by atoms with Gasteiger partial charge in [-0.05, 0) is 30.7 Å². The van der Waals surface area contributed by atoms with E-state index in [1.165, 1.54) is 11.3 Å². The van der Waals surface area contributed by atoms with E-state index >= 15 is 0 Å². The first-order chi connectivity index (χ1) is 8.88. The highest BCUT2D eigenvalue weighted by Crippen LogP contribution is 2.31. The summed E-state index contributed by atoms with van der Waals surface area (Å²) >= 11 is 0. The molecule has 2 N–H and O–H groups in total. The van der Waals surface area contributed by atoms with Gasteiger partial charge in [0.1, 0.15) is 5.75 Å². The fraction of sp³-hybridized carbons (Fsp3) is 0.333. The van der Waals surface area contributed by atoms with Gasteiger partial charge in [-0.3, -0.25) is 0 Å². The number of hydrogen-bond acceptors (Lipinski definition) is 2. The summed E-state index contributed by atoms with van der Waals surface area (Å²) in [7, 11) is 0. The molecule has 94 valence electrons. The van der Waals surface area contributed by atoms with Gasteiger partial charge in [0.2, 0.25) is 0 Å². The number of aromatic amines is 1. The second kappa shape index (κ2) is 4.86. The Morgan fingerprint density at radius 2 is 2.17 bits per heavy atom. The molecule has 2 aromatic rings. The molecular formula is C15H18N2O. The van der Waals surface area contributed by atoms with Crippen molar-refractivity contribution in [2.24, 2.45) is 0 Å². The van der Waals surface area contributed by atoms with Gasteiger partial charge in [0.15, 0.2) is 0 Å². The quantitative estimate of drug-likeness (QED) is 0.868. The van der Waals surface area contributed by atoms with Crippen molar-refractivity contribution in [2.45, 2.75) is 19.9 Å². The fourth-order valence-corrected chi connectivity index (χ4v) is 2.47. The molecule has 3 nitrogen and oxygen atoms in total. The first-order valence-corrected chi connectivity index (χ1v) is 6.52. The molecule has 0 aliphatic carbocycles. The van der Waals surface area contributed by atoms with Crippen molar-refractivity contribution in [1.29, 1.82) is 0 Å². The molecule has 3 heteroatoms. The van der Waals surface area contributed by atoms with Gasteiger partial charge >= 0.3 is 0 Å². The lowest BCUT2D eigenvalue weighted by atomic mass is 10.1. The van der Waals surface area contributed by atoms with Crippen molar-refractivity contribution in [3.63, 3.8) is 0 Å². The number of aromatic nitrogens is 1. The Morgan fingerprint density at radius 1 is 1.28 bits per heavy atom. The predicted molar refractivity (Wildman–Crippen MR) is 72.8 cm³/mol. The maximum absolute atomic E-state index is 5.69. The average molecular weight is 242 g/mol. The monoisotopic (exact) mass is 242 g/mol. The van der Waals surface area contributed by atoms with Gasteiger partial charge in [-0.25, -0.2) is 0 Å². The van der Waals surface area contributed by atoms with E-state index < -0.39 is 0 Å². The molecule has 0 atom stereocenters. The van der Waals surface area contributed by atoms with Gasteiger partial charge in [-0.15, -0.1) is 0 Å². The summed E-state index contributed by atoms with van der Waals surface area (Å²) in [4.78, 5) is 3.53. The third-order valence-electron chi connectivity index (χ3n) is 3.34. The number of H-pyrrole nitrogens is 1. The van der Waals surface area contributed by atoms with Crippen LogP contribution in [0.1, 0.15) is 18.2 Å². The van der Waals surface area contributed by atoms with Crippen LogP contribution in [0.2, 0.25) is 0 Å². The fourth-order valence-electron chi connectivity index (χ4n) is 2.47. The smallest absolute Gasteiger partial charge is 0.128 e. The van der Waals surface area contributed by atoms with Crippen molar-refractivity contribution in [2.75, 3.05) is 13.2 Å². The number of benzene rings is 1. The van der Waals surface area contributed by atoms with Crippen LogP contribution in [-0.2, 0) is 13.0 Å². The van der Waals surface area contributed by atoms with Crippen molar-refractivity contribution >= 4 is 0 Å². The van der Waals surface area contributed by atoms with Crippen LogP contribution in [0.4, 0.5) is 0 Å². The van der Waals surface area contributed by atoms with Gasteiger partial charge in [-0.2, -0.15) is 0 Å². The minimum atomic E-state index is 0.693. The van der Waals surface area contributed by atoms with Crippen molar-refractivity contribution in [3.8, 4) is 17.0 Å². The molecule has 1 aliphatic heterocycles. The minimum absolute atomic E-state index is 0.693. The highest BCUT2D eigenvalue weighted by Gasteiger charge is 2.14. The zero-order chi connectivity index (χ0) is 12.4. The summed E-state index contributed by atoms with van der Waals surface area (Å²) in [5.41, 5.74) is 5.04. The highest BCUT2D eigenvalue weighted by molar-refractivity contribution is 5.68. The summed E-state index contributed by atoms with van der Waals surface area (Å²) in [6.07, 6.45) is 1.08. The van der Waals surface area contributed by atoms with Gasteiger partial charge in [-0.1, -0.05) is 12.1 Å². The molecule has 1 aliphatic rings. The second-order valence-corrected chi connectivity index (χ2v) is 4.54. The largest absolute Gasteiger partial charge is 0.493 e. The van der Waals surface area contributed by atoms with E-state index in [9.17, 15) is 0 Å². The molecule has 0 spiro atoms. The topological polar surface area (TPSA) is 37.0 Å². The first kappa shape index (κ1) is 11.4. The molecule has 0 radical (unpaired) electrons. The van der Waals surface area contributed by atoms with Crippen LogP contribution < -0.4 is 10.1 Å². The van der Waals surface area contributed by atoms with E-state index in [4.69, 9.17) is 4.74 Å². The normalized spacial score (nSPS) is 14.3. The molecular weight excluding hydrogens is 224 g/mol. The number of fused-ring (bicyclic) bond motifs is 1. The van der Waals surface area contributed by atoms with E-state index in [1.54, 1.807) is 0 Å². The Kier molecular flexibility index (Phi) is 3.07. The average Bonchev–Trinajstić information content (AvgIpc) is 2.83. The molecule has 0 saturated carbocycles. The minimum Gasteiger partial charge on any atom is -0.493 e. The molecule has 18 heavy (non-hydrogen) atoms. The van der Waals surface area contributed by atoms with E-state index in [2.05, 4.69) is 28.5 Å². The van der Waals surface area contributed by atoms with E-state index in [1.807, 2.05) is 19.1 Å². The maximum Gasteiger partial charge on any atom is 0.128 e. The lowest BCUT2D eigenvalue weighted by Gasteiger charge is -2.11. The summed E-state index contributed by atoms with van der Waals surface area (Å²) in [6, 6.07) is 10.4. The highest BCUT2D eigenvalue weighted by atomic mass is 16.5. The molecule has 1 aromatic carbocycles. The third kappa shape index (κ3) is 2.02. The van der Waals surface area contributed by atoms with Crippen LogP contribution in [0.25, 0.3) is 11.3 Å². The van der Waals surface area contributed by atoms with Crippen molar-refractivity contribution < 1.29 is 4.74 Å². The summed E-state index contributed by atoms with van der Waals surface area (Å²) in [5, 5.41) is 3.39. The van der Waals surface area contributed by atoms with Gasteiger partial charge < -0.3 is 15.0 Å². The SMILES string of the molecule is CCOc1ccccc1-c1cc2c([nH]1)CCNC2. The van der Waals surface area contributed by atoms with Crippen LogP contribution in [0.5, 0.6) is 5.75 Å². The lowest BCUT2D eigenvalue weighted by Crippen LogP contribution is -2.22. The van der Waals surface area contributed by atoms with Crippen molar-refractivity contribution in [3.05, 3.63) is 41.6 Å². The standard InChI is InChI=1S/C15H18N2O/c1-2-18-15-6-4-3-5-12(15)14-9-11-10-16-8-7-13(11)17-14/h3-6,9,16-17H,2,7-8,10H2,1H3. The molecule has 2 heterocycles. The van der Waals surface area contributed by atoms with Crippen LogP contribution in [0.3, 0.4) is 0 Å². The van der Waals surface area contributed by atoms with Crippen LogP contribution in [-0.4, -0.2) is 18.1 Å². The third-order valence-corrected chi connectivity index (χ3v) is 3.34. The van der Waals surface area contributed by atoms with Crippen LogP contribution in [0, 0.1) is 0 Å². The Labute approximate surface area is 107 Å². The maximum atomic E-state index is 5.69. The molecule has 0 unspecified atom stereocenters.